The third-order valence-corrected chi connectivity index (χ3v) is 5.35. The molecule has 0 aromatic heterocycles. The number of hydrogen-bond acceptors (Lipinski definition) is 6. The number of hydrogen-bond donors (Lipinski definition) is 0. The summed E-state index contributed by atoms with van der Waals surface area (Å²) in [5.41, 5.74) is 1.74. The van der Waals surface area contributed by atoms with Gasteiger partial charge in [-0.2, -0.15) is 9.59 Å². The van der Waals surface area contributed by atoms with E-state index in [1.54, 1.807) is 19.2 Å². The van der Waals surface area contributed by atoms with Crippen LogP contribution in [0.25, 0.3) is 5.57 Å². The van der Waals surface area contributed by atoms with Crippen LogP contribution in [0.5, 0.6) is 0 Å². The summed E-state index contributed by atoms with van der Waals surface area (Å²) in [6.07, 6.45) is 0.439. The quantitative estimate of drug-likeness (QED) is 0.503. The summed E-state index contributed by atoms with van der Waals surface area (Å²) in [6, 6.07) is 3.27. The van der Waals surface area contributed by atoms with Crippen molar-refractivity contribution in [2.75, 3.05) is 7.05 Å². The zero-order valence-electron chi connectivity index (χ0n) is 11.5. The van der Waals surface area contributed by atoms with Crippen molar-refractivity contribution in [3.8, 4) is 0 Å². The molecule has 2 aliphatic rings. The molecule has 9 heteroatoms. The molecular formula is C14H7Cl2NO4S2. The zero-order chi connectivity index (χ0) is 17.3. The van der Waals surface area contributed by atoms with E-state index in [1.807, 2.05) is 0 Å². The molecular weight excluding hydrogens is 381 g/mol. The summed E-state index contributed by atoms with van der Waals surface area (Å²) in [7, 11) is 1.59. The zero-order valence-corrected chi connectivity index (χ0v) is 14.7. The Labute approximate surface area is 150 Å². The lowest BCUT2D eigenvalue weighted by Crippen LogP contribution is -2.22. The molecule has 1 heterocycles. The minimum absolute atomic E-state index is 0.127. The number of halogens is 2. The molecule has 1 saturated heterocycles. The van der Waals surface area contributed by atoms with E-state index in [1.165, 1.54) is 4.90 Å². The minimum atomic E-state index is -0.257. The monoisotopic (exact) mass is 387 g/mol. The lowest BCUT2D eigenvalue weighted by Gasteiger charge is -2.06. The Morgan fingerprint density at radius 3 is 2.39 bits per heavy atom. The van der Waals surface area contributed by atoms with Crippen molar-refractivity contribution in [2.45, 2.75) is 6.42 Å². The molecule has 5 nitrogen and oxygen atoms in total. The van der Waals surface area contributed by atoms with Gasteiger partial charge in [0.2, 0.25) is 0 Å². The number of ketones is 1. The van der Waals surface area contributed by atoms with Crippen LogP contribution < -0.4 is 0 Å². The van der Waals surface area contributed by atoms with E-state index in [9.17, 15) is 9.59 Å². The van der Waals surface area contributed by atoms with E-state index < -0.39 is 0 Å². The number of thioether (sulfide) groups is 1. The molecule has 0 unspecified atom stereocenters. The second-order valence-corrected chi connectivity index (χ2v) is 7.02. The normalized spacial score (nSPS) is 19.4. The van der Waals surface area contributed by atoms with Crippen LogP contribution in [-0.2, 0) is 25.6 Å². The lowest BCUT2D eigenvalue weighted by atomic mass is 10.1. The first-order valence-corrected chi connectivity index (χ1v) is 8.04. The van der Waals surface area contributed by atoms with Crippen LogP contribution >= 0.6 is 47.2 Å². The molecule has 3 rings (SSSR count). The number of allylic oxidation sites excluding steroid dienone is 1. The molecule has 1 aliphatic heterocycles. The topological polar surface area (TPSA) is 71.5 Å². The van der Waals surface area contributed by atoms with Gasteiger partial charge in [0, 0.05) is 29.1 Å². The molecule has 23 heavy (non-hydrogen) atoms. The highest BCUT2D eigenvalue weighted by Crippen LogP contribution is 2.43. The molecule has 1 aromatic carbocycles. The van der Waals surface area contributed by atoms with Crippen LogP contribution in [0.15, 0.2) is 17.0 Å². The van der Waals surface area contributed by atoms with E-state index in [4.69, 9.17) is 45.0 Å². The third-order valence-electron chi connectivity index (χ3n) is 3.23. The van der Waals surface area contributed by atoms with Crippen LogP contribution in [0.3, 0.4) is 0 Å². The highest BCUT2D eigenvalue weighted by Gasteiger charge is 2.38. The Kier molecular flexibility index (Phi) is 5.39. The van der Waals surface area contributed by atoms with Gasteiger partial charge >= 0.3 is 6.15 Å². The van der Waals surface area contributed by atoms with Crippen molar-refractivity contribution in [2.24, 2.45) is 0 Å². The second kappa shape index (κ2) is 6.95. The number of Topliss-reactive ketones (excluding diaryl/α,β-unsaturated/α-hetero) is 1. The summed E-state index contributed by atoms with van der Waals surface area (Å²) in [4.78, 5) is 42.4. The average Bonchev–Trinajstić information content (AvgIpc) is 2.91. The van der Waals surface area contributed by atoms with Gasteiger partial charge in [0.25, 0.3) is 5.91 Å². The summed E-state index contributed by atoms with van der Waals surface area (Å²) < 4.78 is 0.437. The van der Waals surface area contributed by atoms with Crippen LogP contribution in [0, 0.1) is 0 Å². The summed E-state index contributed by atoms with van der Waals surface area (Å²) in [5, 5.41) is 0.885. The third kappa shape index (κ3) is 3.24. The molecule has 1 amide bonds. The molecule has 0 spiro atoms. The summed E-state index contributed by atoms with van der Waals surface area (Å²) in [5.74, 6) is -0.384. The SMILES string of the molecule is CN1C(=O)/C(=C2/C(=O)Cc3c(Cl)cc(Cl)cc32)SC1=S.O=C=O. The Hall–Kier alpha value is -1.50. The van der Waals surface area contributed by atoms with Crippen molar-refractivity contribution in [1.82, 2.24) is 4.90 Å². The molecule has 0 radical (unpaired) electrons. The standard InChI is InChI=1S/C13H7Cl2NO2S2.CO2/c1-16-12(18)11(20-13(16)19)10-7-2-5(14)3-8(15)6(7)4-9(10)17;2-1-3/h2-3H,4H2,1H3;/b11-10-;. The number of carbonyl (C=O) groups excluding carboxylic acids is 4. The van der Waals surface area contributed by atoms with Gasteiger partial charge in [-0.15, -0.1) is 0 Å². The molecule has 118 valence electrons. The van der Waals surface area contributed by atoms with Gasteiger partial charge in [-0.3, -0.25) is 14.5 Å². The van der Waals surface area contributed by atoms with Crippen LogP contribution in [0.1, 0.15) is 11.1 Å². The Bertz CT molecular complexity index is 813. The average molecular weight is 388 g/mol. The van der Waals surface area contributed by atoms with Gasteiger partial charge in [-0.25, -0.2) is 0 Å². The lowest BCUT2D eigenvalue weighted by molar-refractivity contribution is -0.191. The highest BCUT2D eigenvalue weighted by atomic mass is 35.5. The number of carbonyl (C=O) groups is 2. The number of likely N-dealkylation sites (N-methyl/N-ethyl adjacent to an activating group) is 1. The Morgan fingerprint density at radius 2 is 1.87 bits per heavy atom. The van der Waals surface area contributed by atoms with Gasteiger partial charge in [0.05, 0.1) is 4.91 Å². The fourth-order valence-corrected chi connectivity index (χ4v) is 4.08. The number of amides is 1. The maximum absolute atomic E-state index is 12.3. The first-order chi connectivity index (χ1) is 10.8. The van der Waals surface area contributed by atoms with E-state index in [0.717, 1.165) is 17.3 Å². The van der Waals surface area contributed by atoms with Gasteiger partial charge in [-0.05, 0) is 23.3 Å². The van der Waals surface area contributed by atoms with Crippen molar-refractivity contribution in [3.05, 3.63) is 38.2 Å². The molecule has 1 aromatic rings. The molecule has 0 N–H and O–H groups in total. The smallest absolute Gasteiger partial charge is 0.296 e. The number of thiocarbonyl (C=S) groups is 1. The van der Waals surface area contributed by atoms with Gasteiger partial charge < -0.3 is 0 Å². The Morgan fingerprint density at radius 1 is 1.26 bits per heavy atom. The largest absolute Gasteiger partial charge is 0.373 e. The molecule has 0 saturated carbocycles. The summed E-state index contributed by atoms with van der Waals surface area (Å²) >= 11 is 18.3. The van der Waals surface area contributed by atoms with E-state index >= 15 is 0 Å². The van der Waals surface area contributed by atoms with Crippen molar-refractivity contribution >= 4 is 74.9 Å². The van der Waals surface area contributed by atoms with Gasteiger partial charge in [-0.1, -0.05) is 47.2 Å². The van der Waals surface area contributed by atoms with Crippen molar-refractivity contribution in [3.63, 3.8) is 0 Å². The highest BCUT2D eigenvalue weighted by molar-refractivity contribution is 8.26. The number of benzene rings is 1. The van der Waals surface area contributed by atoms with E-state index in [2.05, 4.69) is 0 Å². The first kappa shape index (κ1) is 17.8. The van der Waals surface area contributed by atoms with Gasteiger partial charge in [0.15, 0.2) is 5.78 Å². The van der Waals surface area contributed by atoms with Crippen LogP contribution in [0.4, 0.5) is 0 Å². The number of rotatable bonds is 0. The van der Waals surface area contributed by atoms with Crippen LogP contribution in [-0.4, -0.2) is 34.1 Å². The number of fused-ring (bicyclic) bond motifs is 1. The van der Waals surface area contributed by atoms with Crippen molar-refractivity contribution in [1.29, 1.82) is 0 Å². The maximum atomic E-state index is 12.3. The fourth-order valence-electron chi connectivity index (χ4n) is 2.25. The molecule has 1 fully saturated rings. The Balaban J connectivity index is 0.000000595. The molecule has 1 aliphatic carbocycles. The fraction of sp³-hybridized carbons (Fsp3) is 0.143. The number of nitrogens with zero attached hydrogens (tertiary/aromatic N) is 1. The van der Waals surface area contributed by atoms with Crippen molar-refractivity contribution < 1.29 is 19.2 Å². The van der Waals surface area contributed by atoms with E-state index in [0.29, 0.717) is 30.4 Å². The second-order valence-electron chi connectivity index (χ2n) is 4.53. The summed E-state index contributed by atoms with van der Waals surface area (Å²) in [6.45, 7) is 0. The first-order valence-electron chi connectivity index (χ1n) is 6.06. The molecule has 0 bridgehead atoms. The molecule has 0 atom stereocenters. The van der Waals surface area contributed by atoms with Gasteiger partial charge in [0.1, 0.15) is 4.32 Å². The van der Waals surface area contributed by atoms with E-state index in [-0.39, 0.29) is 24.3 Å². The predicted octanol–water partition coefficient (Wildman–Crippen LogP) is 2.74. The minimum Gasteiger partial charge on any atom is -0.296 e. The van der Waals surface area contributed by atoms with Crippen LogP contribution in [0.2, 0.25) is 10.0 Å². The predicted molar refractivity (Wildman–Crippen MR) is 90.1 cm³/mol. The maximum Gasteiger partial charge on any atom is 0.373 e.